The van der Waals surface area contributed by atoms with Crippen molar-refractivity contribution < 1.29 is 26.3 Å². The second-order valence-electron chi connectivity index (χ2n) is 9.23. The number of anilines is 1. The molecule has 1 fully saturated rings. The third kappa shape index (κ3) is 5.78. The van der Waals surface area contributed by atoms with Gasteiger partial charge in [-0.3, -0.25) is 0 Å². The first-order valence-electron chi connectivity index (χ1n) is 12.1. The predicted octanol–water partition coefficient (Wildman–Crippen LogP) is 4.76. The number of ether oxygens (including phenoxy) is 1. The first-order valence-corrected chi connectivity index (χ1v) is 14.0. The molecule has 0 spiro atoms. The highest BCUT2D eigenvalue weighted by Gasteiger charge is 2.30. The number of halogens is 3. The molecule has 1 aliphatic heterocycles. The van der Waals surface area contributed by atoms with Crippen molar-refractivity contribution >= 4 is 26.7 Å². The largest absolute Gasteiger partial charge is 0.486 e. The van der Waals surface area contributed by atoms with Gasteiger partial charge in [-0.15, -0.1) is 0 Å². The van der Waals surface area contributed by atoms with Crippen molar-refractivity contribution in [3.8, 4) is 5.75 Å². The number of rotatable bonds is 7. The van der Waals surface area contributed by atoms with E-state index in [9.17, 15) is 21.6 Å². The Morgan fingerprint density at radius 3 is 2.24 bits per heavy atom. The Kier molecular flexibility index (Phi) is 7.06. The quantitative estimate of drug-likeness (QED) is 0.336. The van der Waals surface area contributed by atoms with Gasteiger partial charge in [0.05, 0.1) is 22.9 Å². The second-order valence-corrected chi connectivity index (χ2v) is 11.2. The van der Waals surface area contributed by atoms with Crippen molar-refractivity contribution in [3.05, 3.63) is 89.7 Å². The third-order valence-electron chi connectivity index (χ3n) is 6.62. The maximum atomic E-state index is 13.1. The van der Waals surface area contributed by atoms with Crippen molar-refractivity contribution in [1.82, 2.24) is 13.9 Å². The van der Waals surface area contributed by atoms with E-state index in [2.05, 4.69) is 4.90 Å². The van der Waals surface area contributed by atoms with E-state index in [1.807, 2.05) is 53.1 Å². The number of nitrogens with zero attached hydrogens (tertiary/aromatic N) is 4. The summed E-state index contributed by atoms with van der Waals surface area (Å²) < 4.78 is 72.4. The Morgan fingerprint density at radius 1 is 0.921 bits per heavy atom. The molecule has 11 heteroatoms. The predicted molar refractivity (Wildman–Crippen MR) is 140 cm³/mol. The number of para-hydroxylation sites is 1. The number of benzene rings is 3. The molecule has 1 aliphatic rings. The molecule has 1 saturated heterocycles. The van der Waals surface area contributed by atoms with Crippen molar-refractivity contribution in [2.24, 2.45) is 0 Å². The molecule has 0 atom stereocenters. The zero-order valence-electron chi connectivity index (χ0n) is 20.7. The van der Waals surface area contributed by atoms with Gasteiger partial charge < -0.3 is 14.2 Å². The smallest absolute Gasteiger partial charge is 0.416 e. The highest BCUT2D eigenvalue weighted by atomic mass is 32.2. The molecule has 0 unspecified atom stereocenters. The van der Waals surface area contributed by atoms with Gasteiger partial charge in [0, 0.05) is 38.4 Å². The lowest BCUT2D eigenvalue weighted by Gasteiger charge is -2.34. The summed E-state index contributed by atoms with van der Waals surface area (Å²) in [7, 11) is -3.24. The summed E-state index contributed by atoms with van der Waals surface area (Å²) in [5.41, 5.74) is 2.49. The Labute approximate surface area is 219 Å². The normalized spacial score (nSPS) is 15.2. The monoisotopic (exact) mass is 544 g/mol. The molecule has 0 radical (unpaired) electrons. The molecule has 4 aromatic rings. The van der Waals surface area contributed by atoms with Crippen molar-refractivity contribution in [2.45, 2.75) is 19.3 Å². The second kappa shape index (κ2) is 10.3. The molecule has 2 heterocycles. The van der Waals surface area contributed by atoms with Crippen LogP contribution in [0.1, 0.15) is 17.0 Å². The lowest BCUT2D eigenvalue weighted by molar-refractivity contribution is -0.137. The Hall–Kier alpha value is -3.57. The van der Waals surface area contributed by atoms with Gasteiger partial charge in [0.15, 0.2) is 0 Å². The Bertz CT molecular complexity index is 1510. The average Bonchev–Trinajstić information content (AvgIpc) is 3.24. The standard InChI is InChI=1S/C27H27F3N4O3S/c1-38(35,36)33-15-13-32(14-16-33)22-11-12-24-25(17-22)34(18-20-7-9-21(10-8-20)27(28,29)30)26(31-24)19-37-23-5-3-2-4-6-23/h2-12,17H,13-16,18-19H2,1H3. The first kappa shape index (κ1) is 26.1. The summed E-state index contributed by atoms with van der Waals surface area (Å²) in [6.07, 6.45) is -3.18. The van der Waals surface area contributed by atoms with Gasteiger partial charge in [0.1, 0.15) is 18.2 Å². The van der Waals surface area contributed by atoms with Crippen LogP contribution in [0.2, 0.25) is 0 Å². The number of fused-ring (bicyclic) bond motifs is 1. The summed E-state index contributed by atoms with van der Waals surface area (Å²) in [5, 5.41) is 0. The van der Waals surface area contributed by atoms with E-state index in [1.54, 1.807) is 0 Å². The molecule has 1 aromatic heterocycles. The summed E-state index contributed by atoms with van der Waals surface area (Å²) >= 11 is 0. The fourth-order valence-electron chi connectivity index (χ4n) is 4.57. The van der Waals surface area contributed by atoms with Crippen LogP contribution in [0.25, 0.3) is 11.0 Å². The third-order valence-corrected chi connectivity index (χ3v) is 7.92. The summed E-state index contributed by atoms with van der Waals surface area (Å²) in [5.74, 6) is 1.33. The highest BCUT2D eigenvalue weighted by molar-refractivity contribution is 7.88. The molecule has 38 heavy (non-hydrogen) atoms. The van der Waals surface area contributed by atoms with Crippen LogP contribution < -0.4 is 9.64 Å². The van der Waals surface area contributed by atoms with Gasteiger partial charge in [-0.1, -0.05) is 30.3 Å². The van der Waals surface area contributed by atoms with Crippen LogP contribution in [0.4, 0.5) is 18.9 Å². The molecule has 200 valence electrons. The van der Waals surface area contributed by atoms with Crippen LogP contribution >= 0.6 is 0 Å². The summed E-state index contributed by atoms with van der Waals surface area (Å²) in [6.45, 7) is 2.40. The maximum Gasteiger partial charge on any atom is 0.416 e. The lowest BCUT2D eigenvalue weighted by Crippen LogP contribution is -2.48. The van der Waals surface area contributed by atoms with E-state index in [4.69, 9.17) is 9.72 Å². The number of hydrogen-bond donors (Lipinski definition) is 0. The van der Waals surface area contributed by atoms with Crippen LogP contribution in [0.15, 0.2) is 72.8 Å². The molecule has 0 N–H and O–H groups in total. The van der Waals surface area contributed by atoms with E-state index >= 15 is 0 Å². The summed E-state index contributed by atoms with van der Waals surface area (Å²) in [6, 6.07) is 20.3. The molecule has 5 rings (SSSR count). The van der Waals surface area contributed by atoms with E-state index in [1.165, 1.54) is 22.7 Å². The van der Waals surface area contributed by atoms with E-state index in [0.717, 1.165) is 28.9 Å². The molecule has 0 saturated carbocycles. The highest BCUT2D eigenvalue weighted by Crippen LogP contribution is 2.30. The Morgan fingerprint density at radius 2 is 1.61 bits per heavy atom. The van der Waals surface area contributed by atoms with E-state index < -0.39 is 21.8 Å². The molecule has 3 aromatic carbocycles. The minimum atomic E-state index is -4.40. The molecule has 0 amide bonds. The first-order chi connectivity index (χ1) is 18.1. The van der Waals surface area contributed by atoms with Crippen LogP contribution in [0.5, 0.6) is 5.75 Å². The number of aromatic nitrogens is 2. The summed E-state index contributed by atoms with van der Waals surface area (Å²) in [4.78, 5) is 6.88. The minimum absolute atomic E-state index is 0.182. The number of hydrogen-bond acceptors (Lipinski definition) is 5. The molecular formula is C27H27F3N4O3S. The minimum Gasteiger partial charge on any atom is -0.486 e. The van der Waals surface area contributed by atoms with Gasteiger partial charge in [-0.2, -0.15) is 17.5 Å². The van der Waals surface area contributed by atoms with Crippen LogP contribution in [-0.2, 0) is 29.4 Å². The van der Waals surface area contributed by atoms with Gasteiger partial charge >= 0.3 is 6.18 Å². The van der Waals surface area contributed by atoms with E-state index in [-0.39, 0.29) is 6.61 Å². The maximum absolute atomic E-state index is 13.1. The van der Waals surface area contributed by atoms with Crippen molar-refractivity contribution in [3.63, 3.8) is 0 Å². The number of alkyl halides is 3. The fraction of sp³-hybridized carbons (Fsp3) is 0.296. The SMILES string of the molecule is CS(=O)(=O)N1CCN(c2ccc3nc(COc4ccccc4)n(Cc4ccc(C(F)(F)F)cc4)c3c2)CC1. The number of imidazole rings is 1. The average molecular weight is 545 g/mol. The molecular weight excluding hydrogens is 517 g/mol. The van der Waals surface area contributed by atoms with Crippen LogP contribution in [0, 0.1) is 0 Å². The topological polar surface area (TPSA) is 67.7 Å². The van der Waals surface area contributed by atoms with Gasteiger partial charge in [0.2, 0.25) is 10.0 Å². The van der Waals surface area contributed by atoms with Crippen LogP contribution in [0.3, 0.4) is 0 Å². The van der Waals surface area contributed by atoms with Gasteiger partial charge in [-0.05, 0) is 48.0 Å². The number of piperazine rings is 1. The zero-order chi connectivity index (χ0) is 26.9. The fourth-order valence-corrected chi connectivity index (χ4v) is 5.40. The Balaban J connectivity index is 1.46. The molecule has 0 bridgehead atoms. The number of sulfonamides is 1. The van der Waals surface area contributed by atoms with E-state index in [0.29, 0.717) is 49.9 Å². The molecule has 7 nitrogen and oxygen atoms in total. The van der Waals surface area contributed by atoms with Crippen molar-refractivity contribution in [1.29, 1.82) is 0 Å². The lowest BCUT2D eigenvalue weighted by atomic mass is 10.1. The van der Waals surface area contributed by atoms with Gasteiger partial charge in [-0.25, -0.2) is 13.4 Å². The van der Waals surface area contributed by atoms with Crippen LogP contribution in [-0.4, -0.2) is 54.7 Å². The van der Waals surface area contributed by atoms with Gasteiger partial charge in [0.25, 0.3) is 0 Å². The zero-order valence-corrected chi connectivity index (χ0v) is 21.5. The molecule has 0 aliphatic carbocycles. The van der Waals surface area contributed by atoms with Crippen molar-refractivity contribution in [2.75, 3.05) is 37.3 Å².